The molecule has 1 aromatic carbocycles. The first-order valence-corrected chi connectivity index (χ1v) is 10.7. The lowest BCUT2D eigenvalue weighted by molar-refractivity contribution is -0.128. The van der Waals surface area contributed by atoms with Crippen molar-refractivity contribution in [2.75, 3.05) is 24.5 Å². The summed E-state index contributed by atoms with van der Waals surface area (Å²) in [6.07, 6.45) is 7.77. The van der Waals surface area contributed by atoms with E-state index in [-0.39, 0.29) is 11.9 Å². The highest BCUT2D eigenvalue weighted by atomic mass is 16.2. The summed E-state index contributed by atoms with van der Waals surface area (Å²) in [5, 5.41) is 1.14. The van der Waals surface area contributed by atoms with Crippen LogP contribution in [0.3, 0.4) is 0 Å². The van der Waals surface area contributed by atoms with E-state index in [1.807, 2.05) is 48.2 Å². The van der Waals surface area contributed by atoms with E-state index in [0.29, 0.717) is 5.92 Å². The van der Waals surface area contributed by atoms with Crippen molar-refractivity contribution in [1.29, 1.82) is 0 Å². The van der Waals surface area contributed by atoms with Crippen LogP contribution in [0.1, 0.15) is 43.7 Å². The Balaban J connectivity index is 1.39. The monoisotopic (exact) mass is 401 g/mol. The van der Waals surface area contributed by atoms with Gasteiger partial charge in [0.25, 0.3) is 0 Å². The Hall–Kier alpha value is -3.15. The van der Waals surface area contributed by atoms with E-state index >= 15 is 0 Å². The van der Waals surface area contributed by atoms with Gasteiger partial charge < -0.3 is 14.8 Å². The van der Waals surface area contributed by atoms with E-state index in [4.69, 9.17) is 0 Å². The largest absolute Gasteiger partial charge is 0.351 e. The van der Waals surface area contributed by atoms with Crippen molar-refractivity contribution in [2.45, 2.75) is 38.6 Å². The Kier molecular flexibility index (Phi) is 4.77. The number of likely N-dealkylation sites (tertiary alicyclic amines) is 1. The second-order valence-corrected chi connectivity index (χ2v) is 8.50. The first-order chi connectivity index (χ1) is 14.6. The zero-order valence-corrected chi connectivity index (χ0v) is 17.5. The predicted octanol–water partition coefficient (Wildman–Crippen LogP) is 3.98. The minimum absolute atomic E-state index is 0.128. The van der Waals surface area contributed by atoms with Crippen molar-refractivity contribution in [3.05, 3.63) is 59.6 Å². The van der Waals surface area contributed by atoms with E-state index in [1.165, 1.54) is 5.56 Å². The minimum Gasteiger partial charge on any atom is -0.351 e. The van der Waals surface area contributed by atoms with Crippen molar-refractivity contribution < 1.29 is 4.79 Å². The Labute approximate surface area is 176 Å². The lowest BCUT2D eigenvalue weighted by Crippen LogP contribution is -2.52. The summed E-state index contributed by atoms with van der Waals surface area (Å²) in [4.78, 5) is 29.9. The third-order valence-electron chi connectivity index (χ3n) is 6.40. The van der Waals surface area contributed by atoms with Crippen LogP contribution in [0.2, 0.25) is 0 Å². The molecular weight excluding hydrogens is 374 g/mol. The third-order valence-corrected chi connectivity index (χ3v) is 6.40. The summed E-state index contributed by atoms with van der Waals surface area (Å²) < 4.78 is 0. The highest BCUT2D eigenvalue weighted by molar-refractivity contribution is 5.97. The van der Waals surface area contributed by atoms with Gasteiger partial charge in [-0.2, -0.15) is 0 Å². The zero-order chi connectivity index (χ0) is 20.7. The fourth-order valence-corrected chi connectivity index (χ4v) is 4.88. The lowest BCUT2D eigenvalue weighted by Gasteiger charge is -2.43. The SMILES string of the molecule is C/C(=C\c1ccccc1)C(=O)N1CCC[C@@H](N2CC(C)c3c[nH]c4ncnc2c34)C1. The van der Waals surface area contributed by atoms with Crippen LogP contribution in [0.15, 0.2) is 48.4 Å². The highest BCUT2D eigenvalue weighted by Crippen LogP contribution is 2.38. The minimum atomic E-state index is 0.128. The molecule has 5 rings (SSSR count). The van der Waals surface area contributed by atoms with Crippen LogP contribution in [-0.4, -0.2) is 51.4 Å². The van der Waals surface area contributed by atoms with Gasteiger partial charge in [-0.15, -0.1) is 0 Å². The second-order valence-electron chi connectivity index (χ2n) is 8.50. The van der Waals surface area contributed by atoms with Crippen LogP contribution in [0.5, 0.6) is 0 Å². The first-order valence-electron chi connectivity index (χ1n) is 10.7. The van der Waals surface area contributed by atoms with E-state index in [0.717, 1.165) is 60.5 Å². The van der Waals surface area contributed by atoms with Gasteiger partial charge >= 0.3 is 0 Å². The van der Waals surface area contributed by atoms with Gasteiger partial charge in [0.1, 0.15) is 17.8 Å². The summed E-state index contributed by atoms with van der Waals surface area (Å²) in [6, 6.07) is 10.3. The Morgan fingerprint density at radius 1 is 1.20 bits per heavy atom. The molecule has 1 unspecified atom stereocenters. The number of hydrogen-bond acceptors (Lipinski definition) is 4. The summed E-state index contributed by atoms with van der Waals surface area (Å²) in [5.74, 6) is 1.54. The molecule has 0 radical (unpaired) electrons. The second kappa shape index (κ2) is 7.59. The molecule has 3 aromatic rings. The maximum atomic E-state index is 13.2. The molecule has 1 amide bonds. The Bertz CT molecular complexity index is 1100. The number of rotatable bonds is 3. The number of nitrogens with zero attached hydrogens (tertiary/aromatic N) is 4. The van der Waals surface area contributed by atoms with Gasteiger partial charge in [-0.05, 0) is 37.0 Å². The first kappa shape index (κ1) is 18.9. The van der Waals surface area contributed by atoms with Crippen LogP contribution in [0.4, 0.5) is 5.82 Å². The number of amides is 1. The smallest absolute Gasteiger partial charge is 0.249 e. The number of carbonyl (C=O) groups is 1. The van der Waals surface area contributed by atoms with Crippen LogP contribution in [0.25, 0.3) is 17.1 Å². The maximum Gasteiger partial charge on any atom is 0.249 e. The van der Waals surface area contributed by atoms with Gasteiger partial charge in [-0.1, -0.05) is 37.3 Å². The maximum absolute atomic E-state index is 13.2. The zero-order valence-electron chi connectivity index (χ0n) is 17.5. The molecule has 2 aliphatic heterocycles. The number of H-pyrrole nitrogens is 1. The van der Waals surface area contributed by atoms with Crippen LogP contribution < -0.4 is 4.90 Å². The number of aromatic nitrogens is 3. The molecule has 2 aromatic heterocycles. The summed E-state index contributed by atoms with van der Waals surface area (Å²) in [6.45, 7) is 6.64. The molecule has 2 atom stereocenters. The molecular formula is C24H27N5O. The van der Waals surface area contributed by atoms with Gasteiger partial charge in [-0.3, -0.25) is 4.79 Å². The average Bonchev–Trinajstić information content (AvgIpc) is 3.22. The molecule has 0 saturated carbocycles. The van der Waals surface area contributed by atoms with Gasteiger partial charge in [-0.25, -0.2) is 9.97 Å². The molecule has 6 nitrogen and oxygen atoms in total. The summed E-state index contributed by atoms with van der Waals surface area (Å²) in [7, 11) is 0. The third kappa shape index (κ3) is 3.26. The Morgan fingerprint density at radius 3 is 2.87 bits per heavy atom. The molecule has 1 saturated heterocycles. The van der Waals surface area contributed by atoms with Gasteiger partial charge in [0.15, 0.2) is 0 Å². The number of piperidine rings is 1. The quantitative estimate of drug-likeness (QED) is 0.675. The molecule has 2 aliphatic rings. The number of carbonyl (C=O) groups excluding carboxylic acids is 1. The van der Waals surface area contributed by atoms with Crippen molar-refractivity contribution in [3.63, 3.8) is 0 Å². The Morgan fingerprint density at radius 2 is 2.03 bits per heavy atom. The number of benzene rings is 1. The molecule has 4 heterocycles. The fourth-order valence-electron chi connectivity index (χ4n) is 4.88. The predicted molar refractivity (Wildman–Crippen MR) is 119 cm³/mol. The molecule has 1 N–H and O–H groups in total. The number of hydrogen-bond donors (Lipinski definition) is 1. The molecule has 0 aliphatic carbocycles. The summed E-state index contributed by atoms with van der Waals surface area (Å²) in [5.41, 5.74) is 4.04. The van der Waals surface area contributed by atoms with E-state index in [1.54, 1.807) is 6.33 Å². The van der Waals surface area contributed by atoms with E-state index in [9.17, 15) is 4.79 Å². The molecule has 0 bridgehead atoms. The number of nitrogens with one attached hydrogen (secondary N) is 1. The fraction of sp³-hybridized carbons (Fsp3) is 0.375. The standard InChI is InChI=1S/C24H27N5O/c1-16(11-18-7-4-3-5-8-18)24(30)28-10-6-9-19(14-28)29-13-17(2)20-12-25-22-21(20)23(29)27-15-26-22/h3-5,7-8,11-12,15,17,19H,6,9-10,13-14H2,1-2H3,(H,25,26,27)/b16-11+/t17?,19-/m1/s1. The lowest BCUT2D eigenvalue weighted by atomic mass is 9.93. The number of anilines is 1. The van der Waals surface area contributed by atoms with Gasteiger partial charge in [0, 0.05) is 43.4 Å². The number of aromatic amines is 1. The van der Waals surface area contributed by atoms with E-state index < -0.39 is 0 Å². The van der Waals surface area contributed by atoms with Crippen molar-refractivity contribution in [3.8, 4) is 0 Å². The average molecular weight is 402 g/mol. The van der Waals surface area contributed by atoms with Crippen LogP contribution >= 0.6 is 0 Å². The van der Waals surface area contributed by atoms with Crippen LogP contribution in [-0.2, 0) is 4.79 Å². The van der Waals surface area contributed by atoms with Crippen molar-refractivity contribution in [1.82, 2.24) is 19.9 Å². The normalized spacial score (nSPS) is 21.9. The van der Waals surface area contributed by atoms with Gasteiger partial charge in [0.05, 0.1) is 5.39 Å². The highest BCUT2D eigenvalue weighted by Gasteiger charge is 2.34. The van der Waals surface area contributed by atoms with Crippen LogP contribution in [0, 0.1) is 0 Å². The van der Waals surface area contributed by atoms with E-state index in [2.05, 4.69) is 33.0 Å². The molecule has 30 heavy (non-hydrogen) atoms. The molecule has 1 fully saturated rings. The molecule has 0 spiro atoms. The van der Waals surface area contributed by atoms with Gasteiger partial charge in [0.2, 0.25) is 5.91 Å². The van der Waals surface area contributed by atoms with Crippen molar-refractivity contribution >= 4 is 28.8 Å². The topological polar surface area (TPSA) is 65.1 Å². The van der Waals surface area contributed by atoms with Crippen molar-refractivity contribution in [2.24, 2.45) is 0 Å². The summed E-state index contributed by atoms with van der Waals surface area (Å²) >= 11 is 0. The molecule has 6 heteroatoms. The molecule has 154 valence electrons.